The van der Waals surface area contributed by atoms with Crippen molar-refractivity contribution in [2.24, 2.45) is 0 Å². The van der Waals surface area contributed by atoms with E-state index in [9.17, 15) is 4.79 Å². The Morgan fingerprint density at radius 2 is 1.71 bits per heavy atom. The maximum atomic E-state index is 12.7. The van der Waals surface area contributed by atoms with Crippen LogP contribution < -0.4 is 19.5 Å². The normalized spacial score (nSPS) is 10.6. The molecule has 31 heavy (non-hydrogen) atoms. The Kier molecular flexibility index (Phi) is 6.08. The second-order valence-corrected chi connectivity index (χ2v) is 6.85. The van der Waals surface area contributed by atoms with Gasteiger partial charge in [0.25, 0.3) is 0 Å². The number of carbonyl (C=O) groups is 1. The zero-order chi connectivity index (χ0) is 21.6. The van der Waals surface area contributed by atoms with Gasteiger partial charge in [0.2, 0.25) is 5.91 Å². The summed E-state index contributed by atoms with van der Waals surface area (Å²) in [7, 11) is 1.60. The number of carbonyl (C=O) groups excluding carboxylic acids is 1. The molecule has 0 aliphatic heterocycles. The summed E-state index contributed by atoms with van der Waals surface area (Å²) in [4.78, 5) is 12.7. The molecule has 0 aliphatic carbocycles. The highest BCUT2D eigenvalue weighted by Crippen LogP contribution is 2.31. The van der Waals surface area contributed by atoms with Crippen molar-refractivity contribution in [3.8, 4) is 23.0 Å². The summed E-state index contributed by atoms with van der Waals surface area (Å²) >= 11 is 0. The molecule has 158 valence electrons. The summed E-state index contributed by atoms with van der Waals surface area (Å²) in [5.74, 6) is 2.53. The first-order valence-electron chi connectivity index (χ1n) is 10.00. The zero-order valence-electron chi connectivity index (χ0n) is 17.4. The van der Waals surface area contributed by atoms with Crippen LogP contribution in [-0.4, -0.2) is 19.6 Å². The number of methoxy groups -OCH3 is 1. The summed E-state index contributed by atoms with van der Waals surface area (Å²) in [5, 5.41) is 3.82. The molecule has 0 atom stereocenters. The van der Waals surface area contributed by atoms with Gasteiger partial charge in [0.1, 0.15) is 22.8 Å². The van der Waals surface area contributed by atoms with Crippen molar-refractivity contribution in [3.63, 3.8) is 0 Å². The van der Waals surface area contributed by atoms with Gasteiger partial charge in [0.15, 0.2) is 5.75 Å². The van der Waals surface area contributed by atoms with Gasteiger partial charge < -0.3 is 23.9 Å². The standard InChI is InChI=1S/C25H23NO5/c1-3-29-18-8-10-19(11-9-18)31-23-7-5-4-6-22(23)26-25(27)14-17-16-30-24-15-20(28-2)12-13-21(17)24/h4-13,15-16H,3,14H2,1-2H3,(H,26,27). The van der Waals surface area contributed by atoms with E-state index in [4.69, 9.17) is 18.6 Å². The highest BCUT2D eigenvalue weighted by atomic mass is 16.5. The molecule has 0 aliphatic rings. The van der Waals surface area contributed by atoms with Gasteiger partial charge in [-0.05, 0) is 55.5 Å². The van der Waals surface area contributed by atoms with Gasteiger partial charge in [-0.2, -0.15) is 0 Å². The van der Waals surface area contributed by atoms with Crippen LogP contribution in [0.25, 0.3) is 11.0 Å². The van der Waals surface area contributed by atoms with Crippen molar-refractivity contribution in [1.29, 1.82) is 0 Å². The minimum atomic E-state index is -0.165. The molecule has 3 aromatic carbocycles. The molecule has 0 fully saturated rings. The van der Waals surface area contributed by atoms with E-state index in [0.29, 0.717) is 35.1 Å². The van der Waals surface area contributed by atoms with Crippen molar-refractivity contribution < 1.29 is 23.4 Å². The van der Waals surface area contributed by atoms with E-state index >= 15 is 0 Å². The van der Waals surface area contributed by atoms with E-state index in [0.717, 1.165) is 16.7 Å². The second-order valence-electron chi connectivity index (χ2n) is 6.85. The lowest BCUT2D eigenvalue weighted by Crippen LogP contribution is -2.14. The number of benzene rings is 3. The van der Waals surface area contributed by atoms with Crippen LogP contribution in [0, 0.1) is 0 Å². The highest BCUT2D eigenvalue weighted by molar-refractivity contribution is 5.96. The maximum absolute atomic E-state index is 12.7. The summed E-state index contributed by atoms with van der Waals surface area (Å²) in [6.07, 6.45) is 1.78. The fourth-order valence-corrected chi connectivity index (χ4v) is 3.25. The van der Waals surface area contributed by atoms with E-state index < -0.39 is 0 Å². The number of hydrogen-bond acceptors (Lipinski definition) is 5. The quantitative estimate of drug-likeness (QED) is 0.392. The SMILES string of the molecule is CCOc1ccc(Oc2ccccc2NC(=O)Cc2coc3cc(OC)ccc23)cc1. The third-order valence-electron chi connectivity index (χ3n) is 4.74. The summed E-state index contributed by atoms with van der Waals surface area (Å²) in [6.45, 7) is 2.54. The number of anilines is 1. The predicted molar refractivity (Wildman–Crippen MR) is 119 cm³/mol. The van der Waals surface area contributed by atoms with E-state index in [2.05, 4.69) is 5.32 Å². The van der Waals surface area contributed by atoms with Gasteiger partial charge in [-0.3, -0.25) is 4.79 Å². The first kappa shape index (κ1) is 20.3. The van der Waals surface area contributed by atoms with E-state index in [-0.39, 0.29) is 12.3 Å². The topological polar surface area (TPSA) is 69.9 Å². The van der Waals surface area contributed by atoms with Crippen LogP contribution in [0.3, 0.4) is 0 Å². The van der Waals surface area contributed by atoms with Gasteiger partial charge in [0.05, 0.1) is 32.1 Å². The van der Waals surface area contributed by atoms with Crippen molar-refractivity contribution in [1.82, 2.24) is 0 Å². The first-order chi connectivity index (χ1) is 15.2. The molecule has 0 bridgehead atoms. The molecule has 6 nitrogen and oxygen atoms in total. The fourth-order valence-electron chi connectivity index (χ4n) is 3.25. The number of para-hydroxylation sites is 2. The maximum Gasteiger partial charge on any atom is 0.229 e. The summed E-state index contributed by atoms with van der Waals surface area (Å²) in [6, 6.07) is 20.2. The molecular weight excluding hydrogens is 394 g/mol. The molecule has 0 spiro atoms. The lowest BCUT2D eigenvalue weighted by atomic mass is 10.1. The van der Waals surface area contributed by atoms with Crippen LogP contribution in [-0.2, 0) is 11.2 Å². The molecule has 1 heterocycles. The Bertz CT molecular complexity index is 1180. The van der Waals surface area contributed by atoms with Crippen molar-refractivity contribution >= 4 is 22.6 Å². The van der Waals surface area contributed by atoms with Crippen molar-refractivity contribution in [2.75, 3.05) is 19.0 Å². The Labute approximate surface area is 180 Å². The van der Waals surface area contributed by atoms with Crippen LogP contribution in [0.5, 0.6) is 23.0 Å². The number of amides is 1. The van der Waals surface area contributed by atoms with Crippen LogP contribution in [0.2, 0.25) is 0 Å². The number of fused-ring (bicyclic) bond motifs is 1. The van der Waals surface area contributed by atoms with Crippen LogP contribution >= 0.6 is 0 Å². The lowest BCUT2D eigenvalue weighted by Gasteiger charge is -2.12. The number of rotatable bonds is 8. The number of furan rings is 1. The monoisotopic (exact) mass is 417 g/mol. The fraction of sp³-hybridized carbons (Fsp3) is 0.160. The first-order valence-corrected chi connectivity index (χ1v) is 10.00. The molecule has 1 N–H and O–H groups in total. The predicted octanol–water partition coefficient (Wildman–Crippen LogP) is 5.81. The Morgan fingerprint density at radius 3 is 2.48 bits per heavy atom. The highest BCUT2D eigenvalue weighted by Gasteiger charge is 2.13. The summed E-state index contributed by atoms with van der Waals surface area (Å²) < 4.78 is 22.2. The third-order valence-corrected chi connectivity index (χ3v) is 4.74. The minimum Gasteiger partial charge on any atom is -0.497 e. The lowest BCUT2D eigenvalue weighted by molar-refractivity contribution is -0.115. The molecule has 0 radical (unpaired) electrons. The average molecular weight is 417 g/mol. The van der Waals surface area contributed by atoms with Crippen LogP contribution in [0.15, 0.2) is 77.4 Å². The molecule has 6 heteroatoms. The van der Waals surface area contributed by atoms with Crippen molar-refractivity contribution in [3.05, 3.63) is 78.6 Å². The second kappa shape index (κ2) is 9.26. The smallest absolute Gasteiger partial charge is 0.229 e. The molecule has 4 rings (SSSR count). The summed E-state index contributed by atoms with van der Waals surface area (Å²) in [5.41, 5.74) is 2.08. The van der Waals surface area contributed by atoms with Gasteiger partial charge in [-0.25, -0.2) is 0 Å². The largest absolute Gasteiger partial charge is 0.497 e. The van der Waals surface area contributed by atoms with Gasteiger partial charge >= 0.3 is 0 Å². The molecule has 0 unspecified atom stereocenters. The zero-order valence-corrected chi connectivity index (χ0v) is 17.4. The van der Waals surface area contributed by atoms with E-state index in [1.807, 2.05) is 61.5 Å². The van der Waals surface area contributed by atoms with Gasteiger partial charge in [-0.15, -0.1) is 0 Å². The number of ether oxygens (including phenoxy) is 3. The third kappa shape index (κ3) is 4.80. The molecule has 1 amide bonds. The Hall–Kier alpha value is -3.93. The van der Waals surface area contributed by atoms with Crippen LogP contribution in [0.1, 0.15) is 12.5 Å². The Balaban J connectivity index is 1.46. The Morgan fingerprint density at radius 1 is 0.968 bits per heavy atom. The minimum absolute atomic E-state index is 0.165. The molecular formula is C25H23NO5. The average Bonchev–Trinajstić information content (AvgIpc) is 3.18. The molecule has 0 saturated carbocycles. The molecule has 0 saturated heterocycles. The van der Waals surface area contributed by atoms with Gasteiger partial charge in [-0.1, -0.05) is 12.1 Å². The van der Waals surface area contributed by atoms with E-state index in [1.165, 1.54) is 0 Å². The van der Waals surface area contributed by atoms with Crippen LogP contribution in [0.4, 0.5) is 5.69 Å². The van der Waals surface area contributed by atoms with E-state index in [1.54, 1.807) is 25.5 Å². The van der Waals surface area contributed by atoms with Gasteiger partial charge in [0, 0.05) is 17.0 Å². The number of hydrogen-bond donors (Lipinski definition) is 1. The number of nitrogens with one attached hydrogen (secondary N) is 1. The molecule has 1 aromatic heterocycles. The molecule has 4 aromatic rings. The van der Waals surface area contributed by atoms with Crippen molar-refractivity contribution in [2.45, 2.75) is 13.3 Å².